The Balaban J connectivity index is 6.85. The SMILES string of the molecule is CSSC(C)(C)CCOC(C)(C)CC(CC(C)(C)OCCC(C)(C)SSN)(CC(C)(C)OCCC(C)(C)SSN)CC(C)(C)OCCC(C)(C)SSN. The first kappa shape index (κ1) is 55.5. The number of hydrogen-bond donors (Lipinski definition) is 3. The zero-order chi connectivity index (χ0) is 41.5. The standard InChI is InChI=1S/C38H81N3O4S8/c1-30(2,42-22-18-34(9,10)47-46-17)26-38(27-31(3,4)43-23-19-35(11,12)48-51-39,28-32(5,6)44-24-20-36(13,14)49-52-40)29-33(7,8)45-25-21-37(15,16)50-53-41/h18-29,39-41H2,1-17H3. The second-order valence-corrected chi connectivity index (χ2v) is 30.2. The van der Waals surface area contributed by atoms with Crippen molar-refractivity contribution in [1.82, 2.24) is 0 Å². The van der Waals surface area contributed by atoms with Gasteiger partial charge in [-0.1, -0.05) is 54.0 Å². The van der Waals surface area contributed by atoms with Crippen molar-refractivity contribution < 1.29 is 18.9 Å². The van der Waals surface area contributed by atoms with Crippen LogP contribution in [0.25, 0.3) is 0 Å². The highest BCUT2D eigenvalue weighted by Crippen LogP contribution is 2.51. The summed E-state index contributed by atoms with van der Waals surface area (Å²) in [5.41, 5.74) is -1.89. The predicted molar refractivity (Wildman–Crippen MR) is 255 cm³/mol. The summed E-state index contributed by atoms with van der Waals surface area (Å²) in [6.07, 6.45) is 9.17. The molecule has 0 fully saturated rings. The van der Waals surface area contributed by atoms with Crippen LogP contribution in [0.2, 0.25) is 0 Å². The quantitative estimate of drug-likeness (QED) is 0.0439. The van der Waals surface area contributed by atoms with E-state index in [1.54, 1.807) is 32.4 Å². The molecule has 7 nitrogen and oxygen atoms in total. The van der Waals surface area contributed by atoms with E-state index < -0.39 is 22.4 Å². The molecule has 0 unspecified atom stereocenters. The van der Waals surface area contributed by atoms with Crippen molar-refractivity contribution in [2.24, 2.45) is 20.8 Å². The molecule has 0 aliphatic heterocycles. The van der Waals surface area contributed by atoms with Crippen LogP contribution in [0.1, 0.15) is 162 Å². The van der Waals surface area contributed by atoms with Gasteiger partial charge in [0.1, 0.15) is 0 Å². The van der Waals surface area contributed by atoms with Crippen LogP contribution in [0.5, 0.6) is 0 Å². The highest BCUT2D eigenvalue weighted by atomic mass is 33.1. The van der Waals surface area contributed by atoms with E-state index in [4.69, 9.17) is 34.4 Å². The molecule has 0 heterocycles. The van der Waals surface area contributed by atoms with E-state index in [9.17, 15) is 0 Å². The molecule has 53 heavy (non-hydrogen) atoms. The van der Waals surface area contributed by atoms with Gasteiger partial charge in [-0.25, -0.2) is 0 Å². The fraction of sp³-hybridized carbons (Fsp3) is 1.00. The molecule has 0 aliphatic carbocycles. The van der Waals surface area contributed by atoms with Crippen molar-refractivity contribution in [1.29, 1.82) is 0 Å². The maximum absolute atomic E-state index is 6.87. The van der Waals surface area contributed by atoms with Gasteiger partial charge in [0.15, 0.2) is 0 Å². The van der Waals surface area contributed by atoms with Crippen molar-refractivity contribution in [2.75, 3.05) is 32.7 Å². The minimum atomic E-state index is -0.413. The molecule has 0 radical (unpaired) electrons. The summed E-state index contributed by atoms with van der Waals surface area (Å²) in [6, 6.07) is 0. The average Bonchev–Trinajstić information content (AvgIpc) is 2.90. The summed E-state index contributed by atoms with van der Waals surface area (Å²) >= 11 is 0. The maximum Gasteiger partial charge on any atom is 0.0631 e. The largest absolute Gasteiger partial charge is 0.376 e. The Kier molecular flexibility index (Phi) is 25.2. The minimum Gasteiger partial charge on any atom is -0.376 e. The van der Waals surface area contributed by atoms with Crippen molar-refractivity contribution in [2.45, 2.75) is 204 Å². The first-order valence-corrected chi connectivity index (χ1v) is 28.0. The van der Waals surface area contributed by atoms with Gasteiger partial charge in [-0.3, -0.25) is 15.4 Å². The Morgan fingerprint density at radius 2 is 0.566 bits per heavy atom. The molecule has 0 spiro atoms. The summed E-state index contributed by atoms with van der Waals surface area (Å²) in [5.74, 6) is 0. The summed E-state index contributed by atoms with van der Waals surface area (Å²) in [5, 5.41) is 17.5. The summed E-state index contributed by atoms with van der Waals surface area (Å²) in [7, 11) is 12.8. The van der Waals surface area contributed by atoms with Crippen LogP contribution in [0, 0.1) is 5.41 Å². The Labute approximate surface area is 360 Å². The van der Waals surface area contributed by atoms with Gasteiger partial charge >= 0.3 is 0 Å². The van der Waals surface area contributed by atoms with Crippen LogP contribution >= 0.6 is 86.9 Å². The molecule has 6 N–H and O–H groups in total. The molecule has 0 aromatic rings. The van der Waals surface area contributed by atoms with Crippen LogP contribution in [-0.2, 0) is 18.9 Å². The normalized spacial score (nSPS) is 14.7. The molecule has 0 aliphatic rings. The van der Waals surface area contributed by atoms with Gasteiger partial charge in [0.05, 0.1) is 22.4 Å². The molecule has 0 amide bonds. The Morgan fingerprint density at radius 1 is 0.358 bits per heavy atom. The summed E-state index contributed by atoms with van der Waals surface area (Å²) in [4.78, 5) is 0. The van der Waals surface area contributed by atoms with Crippen molar-refractivity contribution in [3.63, 3.8) is 0 Å². The van der Waals surface area contributed by atoms with Gasteiger partial charge in [0.2, 0.25) is 0 Å². The smallest absolute Gasteiger partial charge is 0.0631 e. The number of rotatable bonds is 32. The summed E-state index contributed by atoms with van der Waals surface area (Å²) in [6.45, 7) is 38.7. The Bertz CT molecular complexity index is 856. The highest BCUT2D eigenvalue weighted by Gasteiger charge is 2.48. The van der Waals surface area contributed by atoms with Crippen LogP contribution in [-0.4, -0.2) is 74.1 Å². The highest BCUT2D eigenvalue weighted by molar-refractivity contribution is 8.77. The van der Waals surface area contributed by atoms with E-state index in [-0.39, 0.29) is 24.4 Å². The first-order chi connectivity index (χ1) is 23.9. The zero-order valence-electron chi connectivity index (χ0n) is 36.6. The van der Waals surface area contributed by atoms with Crippen LogP contribution < -0.4 is 15.4 Å². The maximum atomic E-state index is 6.87. The molecule has 0 saturated carbocycles. The first-order valence-electron chi connectivity index (χ1n) is 18.8. The third-order valence-electron chi connectivity index (χ3n) is 9.12. The fourth-order valence-electron chi connectivity index (χ4n) is 7.27. The van der Waals surface area contributed by atoms with Crippen molar-refractivity contribution >= 4 is 86.9 Å². The second kappa shape index (κ2) is 24.1. The van der Waals surface area contributed by atoms with Gasteiger partial charge in [-0.2, -0.15) is 0 Å². The van der Waals surface area contributed by atoms with Crippen molar-refractivity contribution in [3.8, 4) is 0 Å². The molecule has 320 valence electrons. The van der Waals surface area contributed by atoms with Crippen molar-refractivity contribution in [3.05, 3.63) is 0 Å². The van der Waals surface area contributed by atoms with Gasteiger partial charge in [-0.15, -0.1) is 0 Å². The molecule has 0 bridgehead atoms. The van der Waals surface area contributed by atoms with Gasteiger partial charge < -0.3 is 18.9 Å². The molecular formula is C38H81N3O4S8. The topological polar surface area (TPSA) is 115 Å². The number of ether oxygens (including phenoxy) is 4. The molecule has 0 rings (SSSR count). The second-order valence-electron chi connectivity index (χ2n) is 19.5. The van der Waals surface area contributed by atoms with Gasteiger partial charge in [-0.05, 0) is 207 Å². The minimum absolute atomic E-state index is 0.0133. The Hall–Kier alpha value is 2.52. The van der Waals surface area contributed by atoms with E-state index >= 15 is 0 Å². The monoisotopic (exact) mass is 899 g/mol. The average molecular weight is 901 g/mol. The third-order valence-corrected chi connectivity index (χ3v) is 19.0. The lowest BCUT2D eigenvalue weighted by atomic mass is 9.62. The van der Waals surface area contributed by atoms with Crippen LogP contribution in [0.4, 0.5) is 0 Å². The molecular weight excluding hydrogens is 819 g/mol. The molecule has 15 heteroatoms. The molecule has 0 atom stereocenters. The lowest BCUT2D eigenvalue weighted by Gasteiger charge is -2.50. The zero-order valence-corrected chi connectivity index (χ0v) is 43.1. The predicted octanol–water partition coefficient (Wildman–Crippen LogP) is 13.2. The molecule has 0 aromatic carbocycles. The van der Waals surface area contributed by atoms with E-state index in [2.05, 4.69) is 117 Å². The van der Waals surface area contributed by atoms with E-state index in [1.165, 1.54) is 32.9 Å². The van der Waals surface area contributed by atoms with E-state index in [0.29, 0.717) is 26.4 Å². The lowest BCUT2D eigenvalue weighted by molar-refractivity contribution is -0.145. The number of hydrogen-bond acceptors (Lipinski definition) is 15. The third kappa shape index (κ3) is 27.1. The van der Waals surface area contributed by atoms with Gasteiger partial charge in [0, 0.05) is 45.4 Å². The van der Waals surface area contributed by atoms with Crippen LogP contribution in [0.3, 0.4) is 0 Å². The molecule has 0 saturated heterocycles. The number of nitrogens with two attached hydrogens (primary N) is 3. The fourth-order valence-corrected chi connectivity index (χ4v) is 13.9. The Morgan fingerprint density at radius 3 is 0.755 bits per heavy atom. The molecule has 0 aromatic heterocycles. The van der Waals surface area contributed by atoms with Crippen LogP contribution in [0.15, 0.2) is 0 Å². The van der Waals surface area contributed by atoms with E-state index in [1.807, 2.05) is 21.6 Å². The summed E-state index contributed by atoms with van der Waals surface area (Å²) < 4.78 is 27.6. The van der Waals surface area contributed by atoms with E-state index in [0.717, 1.165) is 51.4 Å². The van der Waals surface area contributed by atoms with Gasteiger partial charge in [0.25, 0.3) is 0 Å². The lowest BCUT2D eigenvalue weighted by Crippen LogP contribution is -2.49.